The number of hydrogen-bond acceptors (Lipinski definition) is 3. The van der Waals surface area contributed by atoms with Crippen LogP contribution >= 0.6 is 0 Å². The predicted octanol–water partition coefficient (Wildman–Crippen LogP) is 2.12. The van der Waals surface area contributed by atoms with Crippen molar-refractivity contribution in [3.8, 4) is 5.75 Å². The molecule has 2 N–H and O–H groups in total. The number of hydrogen-bond donors (Lipinski definition) is 1. The van der Waals surface area contributed by atoms with Crippen LogP contribution in [0.25, 0.3) is 10.9 Å². The Kier molecular flexibility index (Phi) is 2.95. The largest absolute Gasteiger partial charge is 0.490 e. The smallest absolute Gasteiger partial charge is 0.252 e. The number of nitrogens with zero attached hydrogens (tertiary/aromatic N) is 1. The molecule has 4 heteroatoms. The molecule has 0 aliphatic rings. The number of primary amides is 1. The van der Waals surface area contributed by atoms with E-state index in [1.807, 2.05) is 26.0 Å². The number of carbonyl (C=O) groups excluding carboxylic acids is 1. The molecule has 0 fully saturated rings. The summed E-state index contributed by atoms with van der Waals surface area (Å²) >= 11 is 0. The summed E-state index contributed by atoms with van der Waals surface area (Å²) in [6.07, 6.45) is 1.66. The molecule has 0 radical (unpaired) electrons. The van der Waals surface area contributed by atoms with Crippen molar-refractivity contribution in [2.45, 2.75) is 20.0 Å². The highest BCUT2D eigenvalue weighted by Gasteiger charge is 2.12. The summed E-state index contributed by atoms with van der Waals surface area (Å²) in [6, 6.07) is 7.21. The van der Waals surface area contributed by atoms with Gasteiger partial charge in [0.2, 0.25) is 0 Å². The van der Waals surface area contributed by atoms with Crippen molar-refractivity contribution in [2.24, 2.45) is 5.73 Å². The third kappa shape index (κ3) is 2.36. The second-order valence-electron chi connectivity index (χ2n) is 4.08. The lowest BCUT2D eigenvalue weighted by Crippen LogP contribution is -2.15. The molecular weight excluding hydrogens is 216 g/mol. The molecular formula is C13H14N2O2. The van der Waals surface area contributed by atoms with Gasteiger partial charge in [-0.2, -0.15) is 0 Å². The molecule has 0 aliphatic heterocycles. The van der Waals surface area contributed by atoms with E-state index in [1.165, 1.54) is 0 Å². The number of benzene rings is 1. The second-order valence-corrected chi connectivity index (χ2v) is 4.08. The van der Waals surface area contributed by atoms with Gasteiger partial charge >= 0.3 is 0 Å². The zero-order chi connectivity index (χ0) is 12.4. The Labute approximate surface area is 99.4 Å². The van der Waals surface area contributed by atoms with Crippen LogP contribution in [0.4, 0.5) is 0 Å². The minimum absolute atomic E-state index is 0.0118. The molecule has 17 heavy (non-hydrogen) atoms. The Morgan fingerprint density at radius 2 is 2.18 bits per heavy atom. The minimum atomic E-state index is -0.506. The van der Waals surface area contributed by atoms with Crippen molar-refractivity contribution in [1.29, 1.82) is 0 Å². The molecule has 0 bridgehead atoms. The number of pyridine rings is 1. The summed E-state index contributed by atoms with van der Waals surface area (Å²) in [5, 5.41) is 0.924. The quantitative estimate of drug-likeness (QED) is 0.878. The minimum Gasteiger partial charge on any atom is -0.490 e. The normalized spacial score (nSPS) is 10.8. The van der Waals surface area contributed by atoms with E-state index in [9.17, 15) is 4.79 Å². The molecule has 4 nitrogen and oxygen atoms in total. The van der Waals surface area contributed by atoms with E-state index in [-0.39, 0.29) is 6.10 Å². The van der Waals surface area contributed by atoms with Gasteiger partial charge in [0.1, 0.15) is 5.75 Å². The predicted molar refractivity (Wildman–Crippen MR) is 66.0 cm³/mol. The van der Waals surface area contributed by atoms with E-state index >= 15 is 0 Å². The second kappa shape index (κ2) is 4.41. The van der Waals surface area contributed by atoms with Gasteiger partial charge in [-0.05, 0) is 32.0 Å². The van der Waals surface area contributed by atoms with E-state index in [1.54, 1.807) is 18.3 Å². The van der Waals surface area contributed by atoms with Crippen LogP contribution in [0.3, 0.4) is 0 Å². The fraction of sp³-hybridized carbons (Fsp3) is 0.231. The Bertz CT molecular complexity index is 564. The molecule has 0 aliphatic carbocycles. The van der Waals surface area contributed by atoms with Gasteiger partial charge in [-0.1, -0.05) is 6.07 Å². The number of carbonyl (C=O) groups is 1. The van der Waals surface area contributed by atoms with Crippen LogP contribution in [-0.4, -0.2) is 17.0 Å². The van der Waals surface area contributed by atoms with Crippen molar-refractivity contribution < 1.29 is 9.53 Å². The standard InChI is InChI=1S/C13H14N2O2/c1-8(2)17-12-6-9-4-3-5-15-11(9)7-10(12)13(14)16/h3-8H,1-2H3,(H2,14,16). The monoisotopic (exact) mass is 230 g/mol. The molecule has 1 aromatic heterocycles. The van der Waals surface area contributed by atoms with Crippen molar-refractivity contribution in [1.82, 2.24) is 4.98 Å². The lowest BCUT2D eigenvalue weighted by Gasteiger charge is -2.13. The Morgan fingerprint density at radius 1 is 1.41 bits per heavy atom. The molecule has 0 atom stereocenters. The summed E-state index contributed by atoms with van der Waals surface area (Å²) in [7, 11) is 0. The number of ether oxygens (including phenoxy) is 1. The van der Waals surface area contributed by atoms with Crippen molar-refractivity contribution >= 4 is 16.8 Å². The van der Waals surface area contributed by atoms with Gasteiger partial charge in [0.05, 0.1) is 17.2 Å². The fourth-order valence-electron chi connectivity index (χ4n) is 1.64. The van der Waals surface area contributed by atoms with Crippen LogP contribution in [0.5, 0.6) is 5.75 Å². The number of aromatic nitrogens is 1. The topological polar surface area (TPSA) is 65.2 Å². The third-order valence-corrected chi connectivity index (χ3v) is 2.33. The van der Waals surface area contributed by atoms with Gasteiger partial charge in [-0.25, -0.2) is 0 Å². The Morgan fingerprint density at radius 3 is 2.82 bits per heavy atom. The summed E-state index contributed by atoms with van der Waals surface area (Å²) in [5.41, 5.74) is 6.43. The molecule has 0 spiro atoms. The zero-order valence-electron chi connectivity index (χ0n) is 9.81. The molecule has 1 aromatic carbocycles. The summed E-state index contributed by atoms with van der Waals surface area (Å²) in [4.78, 5) is 15.5. The molecule has 2 rings (SSSR count). The first-order chi connectivity index (χ1) is 8.08. The van der Waals surface area contributed by atoms with Crippen LogP contribution in [0.2, 0.25) is 0 Å². The van der Waals surface area contributed by atoms with Crippen LogP contribution in [0.15, 0.2) is 30.5 Å². The van der Waals surface area contributed by atoms with Gasteiger partial charge in [0.25, 0.3) is 5.91 Å². The maximum absolute atomic E-state index is 11.4. The van der Waals surface area contributed by atoms with Gasteiger partial charge in [0, 0.05) is 11.6 Å². The highest BCUT2D eigenvalue weighted by atomic mass is 16.5. The SMILES string of the molecule is CC(C)Oc1cc2cccnc2cc1C(N)=O. The van der Waals surface area contributed by atoms with Gasteiger partial charge in [0.15, 0.2) is 0 Å². The van der Waals surface area contributed by atoms with Crippen LogP contribution in [-0.2, 0) is 0 Å². The Hall–Kier alpha value is -2.10. The molecule has 2 aromatic rings. The van der Waals surface area contributed by atoms with E-state index in [2.05, 4.69) is 4.98 Å². The fourth-order valence-corrected chi connectivity index (χ4v) is 1.64. The first-order valence-corrected chi connectivity index (χ1v) is 5.43. The molecule has 1 amide bonds. The van der Waals surface area contributed by atoms with Crippen molar-refractivity contribution in [3.05, 3.63) is 36.0 Å². The molecule has 88 valence electrons. The zero-order valence-corrected chi connectivity index (χ0v) is 9.81. The van der Waals surface area contributed by atoms with E-state index in [0.717, 1.165) is 10.9 Å². The number of nitrogens with two attached hydrogens (primary N) is 1. The van der Waals surface area contributed by atoms with Gasteiger partial charge in [-0.3, -0.25) is 9.78 Å². The van der Waals surface area contributed by atoms with E-state index in [4.69, 9.17) is 10.5 Å². The maximum atomic E-state index is 11.4. The summed E-state index contributed by atoms with van der Waals surface area (Å²) in [5.74, 6) is 0.00111. The highest BCUT2D eigenvalue weighted by molar-refractivity contribution is 5.99. The highest BCUT2D eigenvalue weighted by Crippen LogP contribution is 2.25. The van der Waals surface area contributed by atoms with Crippen molar-refractivity contribution in [2.75, 3.05) is 0 Å². The van der Waals surface area contributed by atoms with E-state index in [0.29, 0.717) is 11.3 Å². The van der Waals surface area contributed by atoms with Crippen LogP contribution < -0.4 is 10.5 Å². The first-order valence-electron chi connectivity index (χ1n) is 5.43. The number of amides is 1. The van der Waals surface area contributed by atoms with Crippen LogP contribution in [0.1, 0.15) is 24.2 Å². The molecule has 0 saturated heterocycles. The summed E-state index contributed by atoms with van der Waals surface area (Å²) < 4.78 is 5.59. The summed E-state index contributed by atoms with van der Waals surface area (Å²) in [6.45, 7) is 3.80. The van der Waals surface area contributed by atoms with Gasteiger partial charge < -0.3 is 10.5 Å². The van der Waals surface area contributed by atoms with E-state index < -0.39 is 5.91 Å². The maximum Gasteiger partial charge on any atom is 0.252 e. The third-order valence-electron chi connectivity index (χ3n) is 2.33. The average molecular weight is 230 g/mol. The lowest BCUT2D eigenvalue weighted by atomic mass is 10.1. The van der Waals surface area contributed by atoms with Crippen molar-refractivity contribution in [3.63, 3.8) is 0 Å². The van der Waals surface area contributed by atoms with Gasteiger partial charge in [-0.15, -0.1) is 0 Å². The van der Waals surface area contributed by atoms with Crippen LogP contribution in [0, 0.1) is 0 Å². The molecule has 1 heterocycles. The molecule has 0 unspecified atom stereocenters. The number of rotatable bonds is 3. The first kappa shape index (κ1) is 11.4. The lowest BCUT2D eigenvalue weighted by molar-refractivity contribution is 0.0995. The molecule has 0 saturated carbocycles. The Balaban J connectivity index is 2.62. The number of fused-ring (bicyclic) bond motifs is 1. The average Bonchev–Trinajstić information content (AvgIpc) is 2.27.